The van der Waals surface area contributed by atoms with Crippen molar-refractivity contribution in [2.24, 2.45) is 5.41 Å². The second-order valence-electron chi connectivity index (χ2n) is 5.39. The maximum absolute atomic E-state index is 11.7. The van der Waals surface area contributed by atoms with E-state index in [1.165, 1.54) is 12.0 Å². The first-order valence-corrected chi connectivity index (χ1v) is 5.87. The van der Waals surface area contributed by atoms with E-state index in [4.69, 9.17) is 18.9 Å². The number of ether oxygens (including phenoxy) is 4. The maximum atomic E-state index is 11.7. The van der Waals surface area contributed by atoms with Crippen LogP contribution in [0, 0.1) is 5.41 Å². The van der Waals surface area contributed by atoms with Gasteiger partial charge in [0.25, 0.3) is 0 Å². The van der Waals surface area contributed by atoms with Gasteiger partial charge in [-0.15, -0.1) is 0 Å². The zero-order chi connectivity index (χ0) is 13.3. The Hall–Kier alpha value is -1.27. The summed E-state index contributed by atoms with van der Waals surface area (Å²) >= 11 is 0. The summed E-state index contributed by atoms with van der Waals surface area (Å²) in [6.45, 7) is 6.69. The normalized spacial score (nSPS) is 28.0. The second kappa shape index (κ2) is 4.78. The molecule has 0 spiro atoms. The average Bonchev–Trinajstić information content (AvgIpc) is 2.94. The molecular weight excluding hydrogens is 238 g/mol. The van der Waals surface area contributed by atoms with Crippen LogP contribution in [0.1, 0.15) is 20.8 Å². The minimum Gasteiger partial charge on any atom is -0.469 e. The van der Waals surface area contributed by atoms with E-state index in [9.17, 15) is 4.79 Å². The van der Waals surface area contributed by atoms with Crippen LogP contribution in [0.3, 0.4) is 0 Å². The number of nitrogens with zero attached hydrogens (tertiary/aromatic N) is 1. The second-order valence-corrected chi connectivity index (χ2v) is 5.39. The Kier molecular flexibility index (Phi) is 3.49. The van der Waals surface area contributed by atoms with E-state index in [1.807, 2.05) is 20.8 Å². The van der Waals surface area contributed by atoms with Crippen molar-refractivity contribution in [3.05, 3.63) is 12.0 Å². The minimum atomic E-state index is -0.441. The fourth-order valence-electron chi connectivity index (χ4n) is 1.93. The van der Waals surface area contributed by atoms with E-state index in [2.05, 4.69) is 0 Å². The third kappa shape index (κ3) is 2.44. The van der Waals surface area contributed by atoms with E-state index in [-0.39, 0.29) is 18.3 Å². The molecule has 2 aliphatic rings. The number of hydrogen-bond acceptors (Lipinski definition) is 5. The number of amides is 1. The molecule has 2 unspecified atom stereocenters. The summed E-state index contributed by atoms with van der Waals surface area (Å²) < 4.78 is 21.1. The Morgan fingerprint density at radius 2 is 2.22 bits per heavy atom. The lowest BCUT2D eigenvalue weighted by atomic mass is 9.94. The van der Waals surface area contributed by atoms with Gasteiger partial charge >= 0.3 is 6.09 Å². The number of methoxy groups -OCH3 is 1. The molecule has 0 aliphatic carbocycles. The smallest absolute Gasteiger partial charge is 0.416 e. The topological polar surface area (TPSA) is 57.2 Å². The standard InChI is InChI=1S/C12H19NO5/c1-12(2,3)10-13(11(14)15-4)5-8(18-10)9-6-16-7-17-9/h5,9-10H,6-7H2,1-4H3. The SMILES string of the molecule is COC(=O)N1C=C(C2COCO2)OC1C(C)(C)C. The molecule has 2 heterocycles. The van der Waals surface area contributed by atoms with Crippen LogP contribution in [0.5, 0.6) is 0 Å². The summed E-state index contributed by atoms with van der Waals surface area (Å²) in [5.74, 6) is 0.609. The summed E-state index contributed by atoms with van der Waals surface area (Å²) in [7, 11) is 1.35. The zero-order valence-corrected chi connectivity index (χ0v) is 11.1. The van der Waals surface area contributed by atoms with Crippen molar-refractivity contribution in [2.45, 2.75) is 33.1 Å². The summed E-state index contributed by atoms with van der Waals surface area (Å²) in [5, 5.41) is 0. The summed E-state index contributed by atoms with van der Waals surface area (Å²) in [6, 6.07) is 0. The van der Waals surface area contributed by atoms with Gasteiger partial charge in [-0.1, -0.05) is 20.8 Å². The third-order valence-corrected chi connectivity index (χ3v) is 2.83. The van der Waals surface area contributed by atoms with Crippen molar-refractivity contribution in [1.29, 1.82) is 0 Å². The van der Waals surface area contributed by atoms with Crippen LogP contribution in [-0.4, -0.2) is 43.8 Å². The van der Waals surface area contributed by atoms with Crippen LogP contribution in [0.2, 0.25) is 0 Å². The predicted molar refractivity (Wildman–Crippen MR) is 62.3 cm³/mol. The number of carbonyl (C=O) groups is 1. The Bertz CT molecular complexity index is 354. The lowest BCUT2D eigenvalue weighted by Gasteiger charge is -2.32. The molecule has 0 aromatic rings. The first-order chi connectivity index (χ1) is 8.43. The molecule has 2 rings (SSSR count). The van der Waals surface area contributed by atoms with Crippen LogP contribution < -0.4 is 0 Å². The van der Waals surface area contributed by atoms with Crippen molar-refractivity contribution in [2.75, 3.05) is 20.5 Å². The van der Waals surface area contributed by atoms with Crippen LogP contribution in [-0.2, 0) is 18.9 Å². The first kappa shape index (κ1) is 13.2. The molecule has 1 saturated heterocycles. The van der Waals surface area contributed by atoms with Gasteiger partial charge in [0.2, 0.25) is 0 Å². The molecule has 6 heteroatoms. The van der Waals surface area contributed by atoms with Crippen molar-refractivity contribution in [3.63, 3.8) is 0 Å². The lowest BCUT2D eigenvalue weighted by molar-refractivity contribution is -0.0494. The predicted octanol–water partition coefficient (Wildman–Crippen LogP) is 1.67. The third-order valence-electron chi connectivity index (χ3n) is 2.83. The molecule has 0 N–H and O–H groups in total. The molecular formula is C12H19NO5. The Morgan fingerprint density at radius 3 is 2.72 bits per heavy atom. The van der Waals surface area contributed by atoms with Crippen molar-refractivity contribution < 1.29 is 23.7 Å². The number of hydrogen-bond donors (Lipinski definition) is 0. The Labute approximate surface area is 106 Å². The van der Waals surface area contributed by atoms with E-state index < -0.39 is 12.3 Å². The average molecular weight is 257 g/mol. The molecule has 0 saturated carbocycles. The molecule has 0 aromatic heterocycles. The largest absolute Gasteiger partial charge is 0.469 e. The molecule has 2 atom stereocenters. The van der Waals surface area contributed by atoms with Gasteiger partial charge < -0.3 is 18.9 Å². The first-order valence-electron chi connectivity index (χ1n) is 5.87. The van der Waals surface area contributed by atoms with E-state index in [0.29, 0.717) is 12.4 Å². The minimum absolute atomic E-state index is 0.230. The molecule has 102 valence electrons. The number of rotatable bonds is 1. The summed E-state index contributed by atoms with van der Waals surface area (Å²) in [5.41, 5.74) is -0.230. The van der Waals surface area contributed by atoms with Crippen LogP contribution >= 0.6 is 0 Å². The highest BCUT2D eigenvalue weighted by Gasteiger charge is 2.42. The molecule has 0 aromatic carbocycles. The lowest BCUT2D eigenvalue weighted by Crippen LogP contribution is -2.42. The van der Waals surface area contributed by atoms with Crippen molar-refractivity contribution >= 4 is 6.09 Å². The van der Waals surface area contributed by atoms with Gasteiger partial charge in [-0.25, -0.2) is 9.69 Å². The van der Waals surface area contributed by atoms with E-state index >= 15 is 0 Å². The quantitative estimate of drug-likeness (QED) is 0.715. The molecule has 1 amide bonds. The van der Waals surface area contributed by atoms with Gasteiger partial charge in [0.1, 0.15) is 18.7 Å². The van der Waals surface area contributed by atoms with E-state index in [0.717, 1.165) is 0 Å². The molecule has 2 aliphatic heterocycles. The van der Waals surface area contributed by atoms with Gasteiger partial charge in [0, 0.05) is 5.41 Å². The molecule has 1 fully saturated rings. The molecule has 6 nitrogen and oxygen atoms in total. The van der Waals surface area contributed by atoms with Crippen LogP contribution in [0.15, 0.2) is 12.0 Å². The van der Waals surface area contributed by atoms with Gasteiger partial charge in [-0.05, 0) is 0 Å². The fraction of sp³-hybridized carbons (Fsp3) is 0.750. The van der Waals surface area contributed by atoms with Crippen molar-refractivity contribution in [1.82, 2.24) is 4.90 Å². The summed E-state index contributed by atoms with van der Waals surface area (Å²) in [4.78, 5) is 13.2. The highest BCUT2D eigenvalue weighted by molar-refractivity contribution is 5.69. The monoisotopic (exact) mass is 257 g/mol. The van der Waals surface area contributed by atoms with Gasteiger partial charge in [-0.2, -0.15) is 0 Å². The number of carbonyl (C=O) groups excluding carboxylic acids is 1. The van der Waals surface area contributed by atoms with Gasteiger partial charge in [-0.3, -0.25) is 0 Å². The van der Waals surface area contributed by atoms with Crippen molar-refractivity contribution in [3.8, 4) is 0 Å². The molecule has 0 bridgehead atoms. The highest BCUT2D eigenvalue weighted by atomic mass is 16.7. The van der Waals surface area contributed by atoms with Crippen LogP contribution in [0.25, 0.3) is 0 Å². The Morgan fingerprint density at radius 1 is 1.50 bits per heavy atom. The van der Waals surface area contributed by atoms with Gasteiger partial charge in [0.15, 0.2) is 6.23 Å². The molecule has 18 heavy (non-hydrogen) atoms. The molecule has 0 radical (unpaired) electrons. The van der Waals surface area contributed by atoms with E-state index in [1.54, 1.807) is 6.20 Å². The Balaban J connectivity index is 2.17. The highest BCUT2D eigenvalue weighted by Crippen LogP contribution is 2.35. The maximum Gasteiger partial charge on any atom is 0.416 e. The summed E-state index contributed by atoms with van der Waals surface area (Å²) in [6.07, 6.45) is 0.554. The van der Waals surface area contributed by atoms with Crippen LogP contribution in [0.4, 0.5) is 4.79 Å². The zero-order valence-electron chi connectivity index (χ0n) is 11.1. The fourth-order valence-corrected chi connectivity index (χ4v) is 1.93. The van der Waals surface area contributed by atoms with Gasteiger partial charge in [0.05, 0.1) is 19.9 Å².